The number of amides is 1. The Morgan fingerprint density at radius 3 is 2.36 bits per heavy atom. The van der Waals surface area contributed by atoms with Crippen molar-refractivity contribution < 1.29 is 19.7 Å². The number of nitrogens with zero attached hydrogens (tertiary/aromatic N) is 1. The maximum absolute atomic E-state index is 13.5. The van der Waals surface area contributed by atoms with Crippen LogP contribution < -0.4 is 9.64 Å². The summed E-state index contributed by atoms with van der Waals surface area (Å²) in [7, 11) is 1.60. The monoisotopic (exact) mass is 445 g/mol. The van der Waals surface area contributed by atoms with Gasteiger partial charge < -0.3 is 19.8 Å². The number of hydrogen-bond acceptors (Lipinski definition) is 4. The number of rotatable bonds is 7. The van der Waals surface area contributed by atoms with E-state index in [1.54, 1.807) is 12.0 Å². The minimum Gasteiger partial charge on any atom is -0.508 e. The van der Waals surface area contributed by atoms with E-state index in [-0.39, 0.29) is 23.0 Å². The van der Waals surface area contributed by atoms with Gasteiger partial charge in [-0.15, -0.1) is 0 Å². The van der Waals surface area contributed by atoms with E-state index in [1.165, 1.54) is 55.9 Å². The van der Waals surface area contributed by atoms with Crippen molar-refractivity contribution in [3.63, 3.8) is 0 Å². The first kappa shape index (κ1) is 22.7. The number of anilines is 1. The standard InChI is InChI=1S/C28H31NO4/c1-33-25-13-10-23(11-14-25)29(28(32)26-15-12-24(30)18-27(26)31)19-22-9-5-8-21(17-22)16-20-6-3-2-4-7-20/h5,8-15,17-18,20,30-31H,2-4,6-7,16,19H2,1H3. The summed E-state index contributed by atoms with van der Waals surface area (Å²) < 4.78 is 5.26. The first-order chi connectivity index (χ1) is 16.0. The first-order valence-corrected chi connectivity index (χ1v) is 11.6. The molecule has 0 bridgehead atoms. The molecule has 172 valence electrons. The SMILES string of the molecule is COc1ccc(N(Cc2cccc(CC3CCCCC3)c2)C(=O)c2ccc(O)cc2O)cc1. The Bertz CT molecular complexity index is 1090. The van der Waals surface area contributed by atoms with Crippen molar-refractivity contribution in [2.75, 3.05) is 12.0 Å². The van der Waals surface area contributed by atoms with E-state index in [0.29, 0.717) is 18.0 Å². The molecule has 0 atom stereocenters. The normalized spacial score (nSPS) is 14.1. The van der Waals surface area contributed by atoms with Crippen LogP contribution in [0.25, 0.3) is 0 Å². The van der Waals surface area contributed by atoms with Crippen LogP contribution in [0.3, 0.4) is 0 Å². The zero-order valence-electron chi connectivity index (χ0n) is 19.0. The molecule has 0 saturated heterocycles. The third-order valence-corrected chi connectivity index (χ3v) is 6.42. The van der Waals surface area contributed by atoms with E-state index in [4.69, 9.17) is 4.74 Å². The van der Waals surface area contributed by atoms with Crippen LogP contribution in [-0.2, 0) is 13.0 Å². The van der Waals surface area contributed by atoms with Crippen LogP contribution >= 0.6 is 0 Å². The third kappa shape index (κ3) is 5.67. The molecule has 5 heteroatoms. The van der Waals surface area contributed by atoms with Gasteiger partial charge in [-0.25, -0.2) is 0 Å². The molecule has 4 rings (SSSR count). The van der Waals surface area contributed by atoms with E-state index in [2.05, 4.69) is 18.2 Å². The Hall–Kier alpha value is -3.47. The van der Waals surface area contributed by atoms with Gasteiger partial charge in [0.2, 0.25) is 0 Å². The number of ether oxygens (including phenoxy) is 1. The Morgan fingerprint density at radius 2 is 1.67 bits per heavy atom. The molecule has 0 unspecified atom stereocenters. The van der Waals surface area contributed by atoms with Gasteiger partial charge in [-0.2, -0.15) is 0 Å². The molecule has 2 N–H and O–H groups in total. The van der Waals surface area contributed by atoms with Crippen molar-refractivity contribution in [3.8, 4) is 17.2 Å². The summed E-state index contributed by atoms with van der Waals surface area (Å²) in [5.41, 5.74) is 3.17. The highest BCUT2D eigenvalue weighted by atomic mass is 16.5. The third-order valence-electron chi connectivity index (χ3n) is 6.42. The Morgan fingerprint density at radius 1 is 0.939 bits per heavy atom. The van der Waals surface area contributed by atoms with E-state index in [1.807, 2.05) is 30.3 Å². The zero-order chi connectivity index (χ0) is 23.2. The van der Waals surface area contributed by atoms with E-state index in [9.17, 15) is 15.0 Å². The Balaban J connectivity index is 1.62. The second kappa shape index (κ2) is 10.4. The molecule has 3 aromatic rings. The van der Waals surface area contributed by atoms with Crippen LogP contribution in [0.15, 0.2) is 66.7 Å². The molecule has 0 heterocycles. The average molecular weight is 446 g/mol. The van der Waals surface area contributed by atoms with Crippen LogP contribution in [0, 0.1) is 5.92 Å². The molecule has 0 aromatic heterocycles. The lowest BCUT2D eigenvalue weighted by molar-refractivity contribution is 0.0982. The summed E-state index contributed by atoms with van der Waals surface area (Å²) in [5, 5.41) is 19.9. The maximum Gasteiger partial charge on any atom is 0.262 e. The van der Waals surface area contributed by atoms with Gasteiger partial charge in [0.15, 0.2) is 0 Å². The van der Waals surface area contributed by atoms with E-state index >= 15 is 0 Å². The number of phenolic OH excluding ortho intramolecular Hbond substituents is 2. The summed E-state index contributed by atoms with van der Waals surface area (Å²) >= 11 is 0. The fourth-order valence-corrected chi connectivity index (χ4v) is 4.65. The topological polar surface area (TPSA) is 70.0 Å². The van der Waals surface area contributed by atoms with Gasteiger partial charge in [0.05, 0.1) is 19.2 Å². The lowest BCUT2D eigenvalue weighted by Crippen LogP contribution is -2.30. The summed E-state index contributed by atoms with van der Waals surface area (Å²) in [4.78, 5) is 15.1. The minimum absolute atomic E-state index is 0.0875. The van der Waals surface area contributed by atoms with Gasteiger partial charge >= 0.3 is 0 Å². The molecule has 0 spiro atoms. The predicted molar refractivity (Wildman–Crippen MR) is 130 cm³/mol. The molecule has 1 fully saturated rings. The molecule has 3 aromatic carbocycles. The average Bonchev–Trinajstić information content (AvgIpc) is 2.83. The summed E-state index contributed by atoms with van der Waals surface area (Å²) in [6.07, 6.45) is 7.64. The van der Waals surface area contributed by atoms with E-state index < -0.39 is 0 Å². The van der Waals surface area contributed by atoms with Crippen molar-refractivity contribution >= 4 is 11.6 Å². The number of hydrogen-bond donors (Lipinski definition) is 2. The maximum atomic E-state index is 13.5. The smallest absolute Gasteiger partial charge is 0.262 e. The Labute approximate surface area is 195 Å². The van der Waals surface area contributed by atoms with Crippen molar-refractivity contribution in [2.45, 2.75) is 45.1 Å². The molecule has 1 amide bonds. The number of benzene rings is 3. The summed E-state index contributed by atoms with van der Waals surface area (Å²) in [6, 6.07) is 19.8. The zero-order valence-corrected chi connectivity index (χ0v) is 19.0. The van der Waals surface area contributed by atoms with Crippen molar-refractivity contribution in [1.29, 1.82) is 0 Å². The predicted octanol–water partition coefficient (Wildman–Crippen LogP) is 6.08. The summed E-state index contributed by atoms with van der Waals surface area (Å²) in [6.45, 7) is 0.365. The van der Waals surface area contributed by atoms with Gasteiger partial charge in [0.1, 0.15) is 17.2 Å². The van der Waals surface area contributed by atoms with Crippen LogP contribution in [0.4, 0.5) is 5.69 Å². The lowest BCUT2D eigenvalue weighted by atomic mass is 9.84. The van der Waals surface area contributed by atoms with Crippen molar-refractivity contribution in [3.05, 3.63) is 83.4 Å². The molecule has 5 nitrogen and oxygen atoms in total. The van der Waals surface area contributed by atoms with Gasteiger partial charge in [0, 0.05) is 11.8 Å². The largest absolute Gasteiger partial charge is 0.508 e. The van der Waals surface area contributed by atoms with Crippen molar-refractivity contribution in [2.24, 2.45) is 5.92 Å². The molecular formula is C28H31NO4. The van der Waals surface area contributed by atoms with Crippen LogP contribution in [0.1, 0.15) is 53.6 Å². The first-order valence-electron chi connectivity index (χ1n) is 11.6. The number of carbonyl (C=O) groups excluding carboxylic acids is 1. The number of phenols is 2. The molecular weight excluding hydrogens is 414 g/mol. The Kier molecular flexibility index (Phi) is 7.18. The van der Waals surface area contributed by atoms with Crippen LogP contribution in [0.5, 0.6) is 17.2 Å². The van der Waals surface area contributed by atoms with Gasteiger partial charge in [-0.1, -0.05) is 56.4 Å². The van der Waals surface area contributed by atoms with Crippen LogP contribution in [-0.4, -0.2) is 23.2 Å². The van der Waals surface area contributed by atoms with E-state index in [0.717, 1.165) is 17.9 Å². The molecule has 1 saturated carbocycles. The summed E-state index contributed by atoms with van der Waals surface area (Å²) in [5.74, 6) is 0.769. The second-order valence-corrected chi connectivity index (χ2v) is 8.82. The number of methoxy groups -OCH3 is 1. The van der Waals surface area contributed by atoms with Crippen LogP contribution in [0.2, 0.25) is 0 Å². The highest BCUT2D eigenvalue weighted by Crippen LogP contribution is 2.30. The van der Waals surface area contributed by atoms with Gasteiger partial charge in [-0.3, -0.25) is 4.79 Å². The van der Waals surface area contributed by atoms with Gasteiger partial charge in [0.25, 0.3) is 5.91 Å². The lowest BCUT2D eigenvalue weighted by Gasteiger charge is -2.25. The van der Waals surface area contributed by atoms with Crippen molar-refractivity contribution in [1.82, 2.24) is 0 Å². The molecule has 0 aliphatic heterocycles. The molecule has 1 aliphatic rings. The molecule has 33 heavy (non-hydrogen) atoms. The number of carbonyl (C=O) groups is 1. The van der Waals surface area contributed by atoms with Gasteiger partial charge in [-0.05, 0) is 59.9 Å². The minimum atomic E-state index is -0.338. The fraction of sp³-hybridized carbons (Fsp3) is 0.321. The molecule has 1 aliphatic carbocycles. The fourth-order valence-electron chi connectivity index (χ4n) is 4.65. The second-order valence-electron chi connectivity index (χ2n) is 8.82. The quantitative estimate of drug-likeness (QED) is 0.463. The molecule has 0 radical (unpaired) electrons. The highest BCUT2D eigenvalue weighted by molar-refractivity contribution is 6.07. The highest BCUT2D eigenvalue weighted by Gasteiger charge is 2.22. The number of aromatic hydroxyl groups is 2.